The van der Waals surface area contributed by atoms with Gasteiger partial charge in [0, 0.05) is 42.2 Å². The summed E-state index contributed by atoms with van der Waals surface area (Å²) in [7, 11) is 0. The molecule has 208 valence electrons. The standard InChI is InChI=1S/C32H34ClN3O4/c1-32(2)12-11-25(26(15-32)21-4-6-23(33)7-5-21)30(39)35-16-20(17-35)13-19-3-8-24-22(14-19)18-36(31(24)40)27-9-10-28(37)34-29(27)38/h3-8,14,20,27H,9-13,15-18H2,1-2H3,(H,34,37,38). The fourth-order valence-electron chi connectivity index (χ4n) is 6.60. The predicted molar refractivity (Wildman–Crippen MR) is 152 cm³/mol. The molecule has 0 aromatic heterocycles. The van der Waals surface area contributed by atoms with Crippen molar-refractivity contribution in [1.82, 2.24) is 15.1 Å². The van der Waals surface area contributed by atoms with Crippen molar-refractivity contribution >= 4 is 40.8 Å². The van der Waals surface area contributed by atoms with Crippen molar-refractivity contribution in [3.05, 3.63) is 75.3 Å². The van der Waals surface area contributed by atoms with Crippen LogP contribution >= 0.6 is 11.6 Å². The highest BCUT2D eigenvalue weighted by atomic mass is 35.5. The van der Waals surface area contributed by atoms with Crippen LogP contribution in [0.2, 0.25) is 5.02 Å². The number of likely N-dealkylation sites (tertiary alicyclic amines) is 1. The minimum atomic E-state index is -0.607. The quantitative estimate of drug-likeness (QED) is 0.535. The Morgan fingerprint density at radius 2 is 1.80 bits per heavy atom. The van der Waals surface area contributed by atoms with Gasteiger partial charge in [0.2, 0.25) is 17.7 Å². The molecule has 3 aliphatic heterocycles. The smallest absolute Gasteiger partial charge is 0.255 e. The zero-order valence-corrected chi connectivity index (χ0v) is 23.7. The van der Waals surface area contributed by atoms with Gasteiger partial charge in [0.15, 0.2) is 0 Å². The number of rotatable bonds is 5. The first-order valence-electron chi connectivity index (χ1n) is 14.1. The fourth-order valence-corrected chi connectivity index (χ4v) is 6.72. The normalized spacial score (nSPS) is 22.8. The van der Waals surface area contributed by atoms with Gasteiger partial charge in [0.1, 0.15) is 6.04 Å². The molecule has 1 aliphatic carbocycles. The highest BCUT2D eigenvalue weighted by Gasteiger charge is 2.40. The lowest BCUT2D eigenvalue weighted by Gasteiger charge is -2.42. The van der Waals surface area contributed by atoms with Gasteiger partial charge >= 0.3 is 0 Å². The predicted octanol–water partition coefficient (Wildman–Crippen LogP) is 4.77. The topological polar surface area (TPSA) is 86.8 Å². The number of nitrogens with zero attached hydrogens (tertiary/aromatic N) is 2. The van der Waals surface area contributed by atoms with Gasteiger partial charge < -0.3 is 9.80 Å². The van der Waals surface area contributed by atoms with E-state index in [1.165, 1.54) is 0 Å². The summed E-state index contributed by atoms with van der Waals surface area (Å²) in [5.41, 5.74) is 5.99. The number of benzene rings is 2. The van der Waals surface area contributed by atoms with Gasteiger partial charge in [0.25, 0.3) is 5.91 Å². The molecule has 6 rings (SSSR count). The number of allylic oxidation sites excluding steroid dienone is 1. The van der Waals surface area contributed by atoms with E-state index in [0.717, 1.165) is 66.6 Å². The number of fused-ring (bicyclic) bond motifs is 1. The van der Waals surface area contributed by atoms with Crippen molar-refractivity contribution in [2.24, 2.45) is 11.3 Å². The lowest BCUT2D eigenvalue weighted by molar-refractivity contribution is -0.137. The van der Waals surface area contributed by atoms with E-state index < -0.39 is 11.9 Å². The van der Waals surface area contributed by atoms with Gasteiger partial charge in [-0.25, -0.2) is 0 Å². The molecule has 0 bridgehead atoms. The fraction of sp³-hybridized carbons (Fsp3) is 0.438. The Balaban J connectivity index is 1.11. The van der Waals surface area contributed by atoms with E-state index in [1.807, 2.05) is 41.3 Å². The van der Waals surface area contributed by atoms with Crippen LogP contribution in [0.1, 0.15) is 73.0 Å². The highest BCUT2D eigenvalue weighted by Crippen LogP contribution is 2.44. The lowest BCUT2D eigenvalue weighted by Crippen LogP contribution is -2.52. The first kappa shape index (κ1) is 26.8. The molecule has 0 spiro atoms. The average Bonchev–Trinajstić information content (AvgIpc) is 3.21. The molecule has 0 saturated carbocycles. The number of nitrogens with one attached hydrogen (secondary N) is 1. The second-order valence-corrected chi connectivity index (χ2v) is 12.9. The summed E-state index contributed by atoms with van der Waals surface area (Å²) in [6.45, 7) is 6.34. The van der Waals surface area contributed by atoms with E-state index in [1.54, 1.807) is 4.90 Å². The molecule has 1 atom stereocenters. The van der Waals surface area contributed by atoms with Crippen LogP contribution in [0.25, 0.3) is 5.57 Å². The average molecular weight is 560 g/mol. The third-order valence-electron chi connectivity index (χ3n) is 8.88. The number of carbonyl (C=O) groups excluding carboxylic acids is 4. The van der Waals surface area contributed by atoms with Crippen LogP contribution < -0.4 is 5.32 Å². The summed E-state index contributed by atoms with van der Waals surface area (Å²) in [5, 5.41) is 3.04. The van der Waals surface area contributed by atoms with E-state index >= 15 is 0 Å². The zero-order valence-electron chi connectivity index (χ0n) is 23.0. The Kier molecular flexibility index (Phi) is 6.81. The molecule has 0 radical (unpaired) electrons. The van der Waals surface area contributed by atoms with Crippen LogP contribution in [-0.4, -0.2) is 52.6 Å². The summed E-state index contributed by atoms with van der Waals surface area (Å²) in [6, 6.07) is 13.1. The van der Waals surface area contributed by atoms with Crippen LogP contribution in [0.5, 0.6) is 0 Å². The van der Waals surface area contributed by atoms with Gasteiger partial charge in [-0.15, -0.1) is 0 Å². The van der Waals surface area contributed by atoms with Crippen molar-refractivity contribution in [2.75, 3.05) is 13.1 Å². The Morgan fingerprint density at radius 3 is 2.52 bits per heavy atom. The molecular weight excluding hydrogens is 526 g/mol. The molecule has 4 aliphatic rings. The monoisotopic (exact) mass is 559 g/mol. The number of imide groups is 1. The molecule has 2 aromatic rings. The second kappa shape index (κ2) is 10.2. The first-order chi connectivity index (χ1) is 19.1. The molecule has 7 nitrogen and oxygen atoms in total. The summed E-state index contributed by atoms with van der Waals surface area (Å²) in [5.74, 6) is -0.323. The van der Waals surface area contributed by atoms with Crippen LogP contribution in [0.3, 0.4) is 0 Å². The summed E-state index contributed by atoms with van der Waals surface area (Å²) in [4.78, 5) is 54.0. The molecule has 1 N–H and O–H groups in total. The summed E-state index contributed by atoms with van der Waals surface area (Å²) < 4.78 is 0. The Bertz CT molecular complexity index is 1440. The maximum absolute atomic E-state index is 13.6. The summed E-state index contributed by atoms with van der Waals surface area (Å²) >= 11 is 6.12. The molecular formula is C32H34ClN3O4. The van der Waals surface area contributed by atoms with Crippen LogP contribution in [0.4, 0.5) is 0 Å². The van der Waals surface area contributed by atoms with Crippen molar-refractivity contribution < 1.29 is 19.2 Å². The Morgan fingerprint density at radius 1 is 1.05 bits per heavy atom. The number of hydrogen-bond acceptors (Lipinski definition) is 4. The number of amides is 4. The molecule has 1 unspecified atom stereocenters. The van der Waals surface area contributed by atoms with Crippen LogP contribution in [-0.2, 0) is 27.3 Å². The van der Waals surface area contributed by atoms with E-state index in [4.69, 9.17) is 11.6 Å². The first-order valence-corrected chi connectivity index (χ1v) is 14.5. The third-order valence-corrected chi connectivity index (χ3v) is 9.13. The summed E-state index contributed by atoms with van der Waals surface area (Å²) in [6.07, 6.45) is 4.08. The van der Waals surface area contributed by atoms with Crippen molar-refractivity contribution in [1.29, 1.82) is 0 Å². The van der Waals surface area contributed by atoms with E-state index in [-0.39, 0.29) is 29.6 Å². The maximum Gasteiger partial charge on any atom is 0.255 e. The molecule has 3 heterocycles. The van der Waals surface area contributed by atoms with Gasteiger partial charge in [0.05, 0.1) is 0 Å². The number of carbonyl (C=O) groups is 4. The number of halogens is 1. The number of hydrogen-bond donors (Lipinski definition) is 1. The maximum atomic E-state index is 13.6. The van der Waals surface area contributed by atoms with Gasteiger partial charge in [-0.3, -0.25) is 24.5 Å². The van der Waals surface area contributed by atoms with Crippen molar-refractivity contribution in [2.45, 2.75) is 65.0 Å². The van der Waals surface area contributed by atoms with E-state index in [2.05, 4.69) is 25.2 Å². The van der Waals surface area contributed by atoms with Gasteiger partial charge in [-0.05, 0) is 83.9 Å². The number of piperidine rings is 1. The molecule has 2 saturated heterocycles. The van der Waals surface area contributed by atoms with Crippen molar-refractivity contribution in [3.8, 4) is 0 Å². The zero-order chi connectivity index (χ0) is 28.2. The van der Waals surface area contributed by atoms with Gasteiger partial charge in [-0.2, -0.15) is 0 Å². The third kappa shape index (κ3) is 5.07. The minimum absolute atomic E-state index is 0.149. The minimum Gasteiger partial charge on any atom is -0.338 e. The largest absolute Gasteiger partial charge is 0.338 e. The molecule has 2 aromatic carbocycles. The van der Waals surface area contributed by atoms with Crippen LogP contribution in [0, 0.1) is 11.3 Å². The molecule has 40 heavy (non-hydrogen) atoms. The highest BCUT2D eigenvalue weighted by molar-refractivity contribution is 6.30. The van der Waals surface area contributed by atoms with E-state index in [0.29, 0.717) is 29.5 Å². The Hall–Kier alpha value is -3.45. The van der Waals surface area contributed by atoms with E-state index in [9.17, 15) is 19.2 Å². The van der Waals surface area contributed by atoms with Crippen molar-refractivity contribution in [3.63, 3.8) is 0 Å². The second-order valence-electron chi connectivity index (χ2n) is 12.5. The van der Waals surface area contributed by atoms with Gasteiger partial charge in [-0.1, -0.05) is 49.7 Å². The SMILES string of the molecule is CC1(C)CCC(C(=O)N2CC(Cc3ccc4c(c3)CN(C3CCC(=O)NC3=O)C4=O)C2)=C(c2ccc(Cl)cc2)C1. The molecule has 8 heteroatoms. The Labute approximate surface area is 239 Å². The van der Waals surface area contributed by atoms with Crippen LogP contribution in [0.15, 0.2) is 48.0 Å². The molecule has 2 fully saturated rings. The molecule has 4 amide bonds. The lowest BCUT2D eigenvalue weighted by atomic mass is 9.72.